The maximum absolute atomic E-state index is 6.15. The Morgan fingerprint density at radius 1 is 1.24 bits per heavy atom. The third kappa shape index (κ3) is 6.17. The zero-order chi connectivity index (χ0) is 20.9. The van der Waals surface area contributed by atoms with Crippen LogP contribution in [0.2, 0.25) is 0 Å². The topological polar surface area (TPSA) is 43.3 Å². The molecule has 29 heavy (non-hydrogen) atoms. The fraction of sp³-hybridized carbons (Fsp3) is 0.696. The minimum atomic E-state index is 0.145. The van der Waals surface area contributed by atoms with Gasteiger partial charge in [0.15, 0.2) is 5.96 Å². The van der Waals surface area contributed by atoms with E-state index in [0.29, 0.717) is 6.04 Å². The number of hydrogen-bond donors (Lipinski definition) is 1. The van der Waals surface area contributed by atoms with Crippen LogP contribution in [0.25, 0.3) is 0 Å². The van der Waals surface area contributed by atoms with Gasteiger partial charge in [0.05, 0.1) is 18.8 Å². The molecule has 162 valence electrons. The smallest absolute Gasteiger partial charge is 0.194 e. The lowest BCUT2D eigenvalue weighted by atomic mass is 9.93. The quantitative estimate of drug-likeness (QED) is 0.560. The van der Waals surface area contributed by atoms with Crippen molar-refractivity contribution >= 4 is 5.96 Å². The van der Waals surface area contributed by atoms with Crippen LogP contribution in [-0.2, 0) is 11.3 Å². The third-order valence-electron chi connectivity index (χ3n) is 5.68. The molecule has 0 spiro atoms. The van der Waals surface area contributed by atoms with Gasteiger partial charge in [-0.3, -0.25) is 9.89 Å². The second-order valence-electron chi connectivity index (χ2n) is 9.41. The van der Waals surface area contributed by atoms with Gasteiger partial charge in [0.1, 0.15) is 0 Å². The minimum absolute atomic E-state index is 0.145. The minimum Gasteiger partial charge on any atom is -0.373 e. The van der Waals surface area contributed by atoms with Gasteiger partial charge >= 0.3 is 0 Å². The number of ether oxygens (including phenoxy) is 1. The molecule has 2 unspecified atom stereocenters. The number of hydrogen-bond acceptors (Lipinski definition) is 4. The Morgan fingerprint density at radius 3 is 2.69 bits per heavy atom. The molecule has 2 atom stereocenters. The van der Waals surface area contributed by atoms with Crippen LogP contribution >= 0.6 is 0 Å². The maximum Gasteiger partial charge on any atom is 0.194 e. The highest BCUT2D eigenvalue weighted by Crippen LogP contribution is 2.25. The van der Waals surface area contributed by atoms with Gasteiger partial charge in [-0.2, -0.15) is 0 Å². The normalized spacial score (nSPS) is 23.5. The largest absolute Gasteiger partial charge is 0.373 e. The predicted molar refractivity (Wildman–Crippen MR) is 120 cm³/mol. The van der Waals surface area contributed by atoms with Crippen molar-refractivity contribution in [3.05, 3.63) is 35.9 Å². The predicted octanol–water partition coefficient (Wildman–Crippen LogP) is 2.12. The van der Waals surface area contributed by atoms with Crippen molar-refractivity contribution in [1.29, 1.82) is 0 Å². The maximum atomic E-state index is 6.15. The summed E-state index contributed by atoms with van der Waals surface area (Å²) in [6.45, 7) is 14.1. The summed E-state index contributed by atoms with van der Waals surface area (Å²) in [5.41, 5.74) is 1.52. The van der Waals surface area contributed by atoms with Crippen LogP contribution in [0.15, 0.2) is 35.3 Å². The molecule has 2 saturated heterocycles. The zero-order valence-electron chi connectivity index (χ0n) is 18.9. The Kier molecular flexibility index (Phi) is 7.55. The highest BCUT2D eigenvalue weighted by Gasteiger charge is 2.41. The Bertz CT molecular complexity index is 660. The van der Waals surface area contributed by atoms with Crippen molar-refractivity contribution in [1.82, 2.24) is 20.0 Å². The molecule has 3 rings (SSSR count). The van der Waals surface area contributed by atoms with Gasteiger partial charge < -0.3 is 19.9 Å². The van der Waals surface area contributed by atoms with E-state index in [1.54, 1.807) is 0 Å². The van der Waals surface area contributed by atoms with E-state index >= 15 is 0 Å². The van der Waals surface area contributed by atoms with E-state index in [0.717, 1.165) is 58.4 Å². The van der Waals surface area contributed by atoms with Crippen LogP contribution in [-0.4, -0.2) is 92.8 Å². The van der Waals surface area contributed by atoms with Crippen LogP contribution in [0.4, 0.5) is 0 Å². The fourth-order valence-electron chi connectivity index (χ4n) is 4.57. The summed E-state index contributed by atoms with van der Waals surface area (Å²) in [6.07, 6.45) is 0.256. The number of guanidine groups is 1. The zero-order valence-corrected chi connectivity index (χ0v) is 18.9. The number of aliphatic imine (C=N–C) groups is 1. The summed E-state index contributed by atoms with van der Waals surface area (Å²) >= 11 is 0. The summed E-state index contributed by atoms with van der Waals surface area (Å²) in [7, 11) is 4.25. The van der Waals surface area contributed by atoms with Crippen molar-refractivity contribution in [3.63, 3.8) is 0 Å². The average molecular weight is 402 g/mol. The van der Waals surface area contributed by atoms with Gasteiger partial charge in [-0.15, -0.1) is 0 Å². The van der Waals surface area contributed by atoms with E-state index in [2.05, 4.69) is 85.2 Å². The summed E-state index contributed by atoms with van der Waals surface area (Å²) < 4.78 is 6.15. The molecule has 0 bridgehead atoms. The lowest BCUT2D eigenvalue weighted by molar-refractivity contribution is -0.0502. The lowest BCUT2D eigenvalue weighted by Gasteiger charge is -2.36. The van der Waals surface area contributed by atoms with Crippen molar-refractivity contribution in [2.75, 3.05) is 60.0 Å². The molecule has 2 aliphatic heterocycles. The van der Waals surface area contributed by atoms with Crippen LogP contribution in [0.5, 0.6) is 0 Å². The molecule has 1 aromatic carbocycles. The third-order valence-corrected chi connectivity index (χ3v) is 5.68. The second-order valence-corrected chi connectivity index (χ2v) is 9.41. The Morgan fingerprint density at radius 2 is 2.00 bits per heavy atom. The number of morpholine rings is 1. The molecular formula is C23H39N5O. The van der Waals surface area contributed by atoms with Crippen molar-refractivity contribution in [2.24, 2.45) is 10.4 Å². The SMILES string of the molecule is CCNC(=NCC(C)(C)CN(C)C)N1CC2OCCN(Cc3ccccc3)C2C1. The molecular weight excluding hydrogens is 362 g/mol. The Balaban J connectivity index is 1.67. The molecule has 2 aliphatic rings. The fourth-order valence-corrected chi connectivity index (χ4v) is 4.57. The lowest BCUT2D eigenvalue weighted by Crippen LogP contribution is -2.50. The first-order valence-corrected chi connectivity index (χ1v) is 11.0. The van der Waals surface area contributed by atoms with E-state index < -0.39 is 0 Å². The van der Waals surface area contributed by atoms with E-state index in [-0.39, 0.29) is 11.5 Å². The van der Waals surface area contributed by atoms with Gasteiger partial charge in [0, 0.05) is 45.8 Å². The Hall–Kier alpha value is -1.63. The molecule has 0 amide bonds. The van der Waals surface area contributed by atoms with Crippen molar-refractivity contribution < 1.29 is 4.74 Å². The molecule has 1 aromatic rings. The highest BCUT2D eigenvalue weighted by atomic mass is 16.5. The molecule has 1 N–H and O–H groups in total. The van der Waals surface area contributed by atoms with Gasteiger partial charge in [-0.1, -0.05) is 44.2 Å². The monoisotopic (exact) mass is 401 g/mol. The highest BCUT2D eigenvalue weighted by molar-refractivity contribution is 5.80. The van der Waals surface area contributed by atoms with E-state index in [4.69, 9.17) is 9.73 Å². The van der Waals surface area contributed by atoms with Crippen LogP contribution in [0.3, 0.4) is 0 Å². The van der Waals surface area contributed by atoms with Crippen LogP contribution < -0.4 is 5.32 Å². The molecule has 0 saturated carbocycles. The molecule has 0 radical (unpaired) electrons. The van der Waals surface area contributed by atoms with Crippen molar-refractivity contribution in [2.45, 2.75) is 39.5 Å². The first-order chi connectivity index (χ1) is 13.9. The van der Waals surface area contributed by atoms with Gasteiger partial charge in [0.2, 0.25) is 0 Å². The first-order valence-electron chi connectivity index (χ1n) is 11.0. The molecule has 2 fully saturated rings. The number of benzene rings is 1. The number of fused-ring (bicyclic) bond motifs is 1. The number of nitrogens with one attached hydrogen (secondary N) is 1. The summed E-state index contributed by atoms with van der Waals surface area (Å²) in [4.78, 5) is 12.2. The van der Waals surface area contributed by atoms with Crippen LogP contribution in [0.1, 0.15) is 26.3 Å². The van der Waals surface area contributed by atoms with E-state index in [1.165, 1.54) is 5.56 Å². The molecule has 6 heteroatoms. The second kappa shape index (κ2) is 9.92. The Labute approximate surface area is 176 Å². The van der Waals surface area contributed by atoms with Gasteiger partial charge in [-0.05, 0) is 32.0 Å². The van der Waals surface area contributed by atoms with Crippen molar-refractivity contribution in [3.8, 4) is 0 Å². The summed E-state index contributed by atoms with van der Waals surface area (Å²) in [5.74, 6) is 1.02. The van der Waals surface area contributed by atoms with E-state index in [1.807, 2.05) is 0 Å². The molecule has 6 nitrogen and oxygen atoms in total. The molecule has 2 heterocycles. The van der Waals surface area contributed by atoms with Gasteiger partial charge in [-0.25, -0.2) is 0 Å². The average Bonchev–Trinajstić information content (AvgIpc) is 3.10. The molecule has 0 aromatic heterocycles. The number of likely N-dealkylation sites (tertiary alicyclic amines) is 1. The van der Waals surface area contributed by atoms with Crippen LogP contribution in [0, 0.1) is 5.41 Å². The number of nitrogens with zero attached hydrogens (tertiary/aromatic N) is 4. The summed E-state index contributed by atoms with van der Waals surface area (Å²) in [6, 6.07) is 11.2. The van der Waals surface area contributed by atoms with Gasteiger partial charge in [0.25, 0.3) is 0 Å². The standard InChI is InChI=1S/C23H39N5O/c1-6-24-22(25-17-23(2,3)18-26(4)5)28-15-20-21(16-28)29-13-12-27(20)14-19-10-8-7-9-11-19/h7-11,20-21H,6,12-18H2,1-5H3,(H,24,25). The molecule has 0 aliphatic carbocycles. The summed E-state index contributed by atoms with van der Waals surface area (Å²) in [5, 5.41) is 3.51. The number of rotatable bonds is 7. The van der Waals surface area contributed by atoms with E-state index in [9.17, 15) is 0 Å². The first kappa shape index (κ1) is 22.1.